The van der Waals surface area contributed by atoms with E-state index >= 15 is 0 Å². The molecule has 8 nitrogen and oxygen atoms in total. The summed E-state index contributed by atoms with van der Waals surface area (Å²) >= 11 is 0. The SMILES string of the molecule is COc1cc(/C=N\NC(=O)CCN2CCN(C)CC2)cc(OC)c1OC. The van der Waals surface area contributed by atoms with Crippen LogP contribution < -0.4 is 19.6 Å². The van der Waals surface area contributed by atoms with Gasteiger partial charge in [-0.15, -0.1) is 0 Å². The van der Waals surface area contributed by atoms with Crippen molar-refractivity contribution in [2.24, 2.45) is 5.10 Å². The molecule has 1 aliphatic heterocycles. The smallest absolute Gasteiger partial charge is 0.241 e. The lowest BCUT2D eigenvalue weighted by Crippen LogP contribution is -2.45. The number of methoxy groups -OCH3 is 3. The molecule has 0 spiro atoms. The molecule has 0 bridgehead atoms. The molecule has 26 heavy (non-hydrogen) atoms. The first-order valence-corrected chi connectivity index (χ1v) is 8.60. The second kappa shape index (κ2) is 9.98. The quantitative estimate of drug-likeness (QED) is 0.543. The van der Waals surface area contributed by atoms with Crippen molar-refractivity contribution in [1.29, 1.82) is 0 Å². The Hall–Kier alpha value is -2.32. The molecule has 1 aromatic carbocycles. The molecule has 1 heterocycles. The second-order valence-corrected chi connectivity index (χ2v) is 6.15. The van der Waals surface area contributed by atoms with Gasteiger partial charge < -0.3 is 24.0 Å². The van der Waals surface area contributed by atoms with Crippen LogP contribution >= 0.6 is 0 Å². The molecule has 1 amide bonds. The molecule has 0 unspecified atom stereocenters. The van der Waals surface area contributed by atoms with Crippen molar-refractivity contribution in [2.75, 3.05) is 61.1 Å². The lowest BCUT2D eigenvalue weighted by atomic mass is 10.2. The number of hydrazone groups is 1. The van der Waals surface area contributed by atoms with E-state index in [1.807, 2.05) is 0 Å². The highest BCUT2D eigenvalue weighted by atomic mass is 16.5. The van der Waals surface area contributed by atoms with E-state index in [0.717, 1.165) is 38.3 Å². The molecule has 1 fully saturated rings. The highest BCUT2D eigenvalue weighted by Crippen LogP contribution is 2.37. The van der Waals surface area contributed by atoms with Gasteiger partial charge in [0, 0.05) is 44.7 Å². The van der Waals surface area contributed by atoms with E-state index in [1.54, 1.807) is 39.7 Å². The Morgan fingerprint density at radius 2 is 1.73 bits per heavy atom. The molecule has 1 aromatic rings. The molecule has 144 valence electrons. The Labute approximate surface area is 154 Å². The minimum Gasteiger partial charge on any atom is -0.493 e. The molecule has 0 aliphatic carbocycles. The highest BCUT2D eigenvalue weighted by molar-refractivity contribution is 5.84. The van der Waals surface area contributed by atoms with Gasteiger partial charge in [0.05, 0.1) is 27.5 Å². The molecule has 0 radical (unpaired) electrons. The molecule has 0 saturated carbocycles. The Bertz CT molecular complexity index is 603. The number of ether oxygens (including phenoxy) is 3. The van der Waals surface area contributed by atoms with E-state index in [9.17, 15) is 4.79 Å². The summed E-state index contributed by atoms with van der Waals surface area (Å²) in [6.45, 7) is 4.83. The standard InChI is InChI=1S/C18H28N4O4/c1-21-7-9-22(10-8-21)6-5-17(23)20-19-13-14-11-15(24-2)18(26-4)16(12-14)25-3/h11-13H,5-10H2,1-4H3,(H,20,23)/b19-13-. The number of benzene rings is 1. The summed E-state index contributed by atoms with van der Waals surface area (Å²) < 4.78 is 15.9. The van der Waals surface area contributed by atoms with Gasteiger partial charge in [0.2, 0.25) is 11.7 Å². The normalized spacial score (nSPS) is 15.8. The van der Waals surface area contributed by atoms with Crippen LogP contribution in [0.2, 0.25) is 0 Å². The molecule has 1 aliphatic rings. The number of piperazine rings is 1. The molecule has 0 aromatic heterocycles. The fourth-order valence-corrected chi connectivity index (χ4v) is 2.74. The van der Waals surface area contributed by atoms with Crippen molar-refractivity contribution in [3.8, 4) is 17.2 Å². The van der Waals surface area contributed by atoms with Gasteiger partial charge in [0.1, 0.15) is 0 Å². The van der Waals surface area contributed by atoms with Gasteiger partial charge in [-0.25, -0.2) is 5.43 Å². The topological polar surface area (TPSA) is 75.6 Å². The summed E-state index contributed by atoms with van der Waals surface area (Å²) in [6.07, 6.45) is 1.98. The largest absolute Gasteiger partial charge is 0.493 e. The highest BCUT2D eigenvalue weighted by Gasteiger charge is 2.15. The maximum absolute atomic E-state index is 12.0. The van der Waals surface area contributed by atoms with E-state index in [4.69, 9.17) is 14.2 Å². The predicted molar refractivity (Wildman–Crippen MR) is 100 cm³/mol. The van der Waals surface area contributed by atoms with Gasteiger partial charge in [-0.1, -0.05) is 0 Å². The zero-order valence-corrected chi connectivity index (χ0v) is 15.9. The predicted octanol–water partition coefficient (Wildman–Crippen LogP) is 0.800. The number of rotatable bonds is 8. The fourth-order valence-electron chi connectivity index (χ4n) is 2.74. The van der Waals surface area contributed by atoms with Gasteiger partial charge in [0.15, 0.2) is 11.5 Å². The summed E-state index contributed by atoms with van der Waals surface area (Å²) in [5.41, 5.74) is 3.30. The Kier molecular flexibility index (Phi) is 7.68. The second-order valence-electron chi connectivity index (χ2n) is 6.15. The van der Waals surface area contributed by atoms with Gasteiger partial charge in [-0.05, 0) is 19.2 Å². The van der Waals surface area contributed by atoms with Crippen LogP contribution in [0, 0.1) is 0 Å². The van der Waals surface area contributed by atoms with E-state index in [1.165, 1.54) is 0 Å². The van der Waals surface area contributed by atoms with Gasteiger partial charge >= 0.3 is 0 Å². The van der Waals surface area contributed by atoms with E-state index in [0.29, 0.717) is 23.7 Å². The Morgan fingerprint density at radius 3 is 2.27 bits per heavy atom. The number of hydrogen-bond acceptors (Lipinski definition) is 7. The van der Waals surface area contributed by atoms with Crippen molar-refractivity contribution in [1.82, 2.24) is 15.2 Å². The van der Waals surface area contributed by atoms with Crippen molar-refractivity contribution < 1.29 is 19.0 Å². The van der Waals surface area contributed by atoms with Crippen molar-refractivity contribution in [3.63, 3.8) is 0 Å². The number of likely N-dealkylation sites (N-methyl/N-ethyl adjacent to an activating group) is 1. The van der Waals surface area contributed by atoms with Crippen LogP contribution in [0.4, 0.5) is 0 Å². The first-order chi connectivity index (χ1) is 12.6. The molecule has 0 atom stereocenters. The summed E-state index contributed by atoms with van der Waals surface area (Å²) in [4.78, 5) is 16.5. The molecule has 1 saturated heterocycles. The van der Waals surface area contributed by atoms with Crippen LogP contribution in [0.3, 0.4) is 0 Å². The van der Waals surface area contributed by atoms with Crippen LogP contribution in [-0.4, -0.2) is 83.0 Å². The lowest BCUT2D eigenvalue weighted by molar-refractivity contribution is -0.121. The maximum atomic E-state index is 12.0. The maximum Gasteiger partial charge on any atom is 0.241 e. The molecular weight excluding hydrogens is 336 g/mol. The lowest BCUT2D eigenvalue weighted by Gasteiger charge is -2.32. The number of carbonyl (C=O) groups excluding carboxylic acids is 1. The zero-order chi connectivity index (χ0) is 18.9. The molecule has 1 N–H and O–H groups in total. The van der Waals surface area contributed by atoms with Crippen LogP contribution in [0.5, 0.6) is 17.2 Å². The first-order valence-electron chi connectivity index (χ1n) is 8.60. The van der Waals surface area contributed by atoms with Crippen molar-refractivity contribution >= 4 is 12.1 Å². The zero-order valence-electron chi connectivity index (χ0n) is 15.9. The third-order valence-corrected chi connectivity index (χ3v) is 4.34. The van der Waals surface area contributed by atoms with E-state index < -0.39 is 0 Å². The summed E-state index contributed by atoms with van der Waals surface area (Å²) in [6, 6.07) is 3.53. The van der Waals surface area contributed by atoms with E-state index in [2.05, 4.69) is 27.4 Å². The van der Waals surface area contributed by atoms with Crippen molar-refractivity contribution in [3.05, 3.63) is 17.7 Å². The number of amides is 1. The van der Waals surface area contributed by atoms with Gasteiger partial charge in [0.25, 0.3) is 0 Å². The minimum absolute atomic E-state index is 0.104. The van der Waals surface area contributed by atoms with Crippen LogP contribution in [0.1, 0.15) is 12.0 Å². The summed E-state index contributed by atoms with van der Waals surface area (Å²) in [5.74, 6) is 1.49. The first kappa shape index (κ1) is 20.0. The van der Waals surface area contributed by atoms with E-state index in [-0.39, 0.29) is 5.91 Å². The average Bonchev–Trinajstić information content (AvgIpc) is 2.66. The van der Waals surface area contributed by atoms with Crippen LogP contribution in [-0.2, 0) is 4.79 Å². The average molecular weight is 364 g/mol. The summed E-state index contributed by atoms with van der Waals surface area (Å²) in [5, 5.41) is 4.02. The molecule has 2 rings (SSSR count). The number of nitrogens with zero attached hydrogens (tertiary/aromatic N) is 3. The molecule has 8 heteroatoms. The summed E-state index contributed by atoms with van der Waals surface area (Å²) in [7, 11) is 6.77. The van der Waals surface area contributed by atoms with Crippen molar-refractivity contribution in [2.45, 2.75) is 6.42 Å². The fraction of sp³-hybridized carbons (Fsp3) is 0.556. The number of nitrogens with one attached hydrogen (secondary N) is 1. The van der Waals surface area contributed by atoms with Crippen LogP contribution in [0.25, 0.3) is 0 Å². The third-order valence-electron chi connectivity index (χ3n) is 4.34. The third kappa shape index (κ3) is 5.60. The van der Waals surface area contributed by atoms with Gasteiger partial charge in [-0.3, -0.25) is 4.79 Å². The van der Waals surface area contributed by atoms with Gasteiger partial charge in [-0.2, -0.15) is 5.10 Å². The Morgan fingerprint density at radius 1 is 1.12 bits per heavy atom. The minimum atomic E-state index is -0.104. The number of hydrogen-bond donors (Lipinski definition) is 1. The molecular formula is C18H28N4O4. The number of carbonyl (C=O) groups is 1. The monoisotopic (exact) mass is 364 g/mol. The van der Waals surface area contributed by atoms with Crippen LogP contribution in [0.15, 0.2) is 17.2 Å². The Balaban J connectivity index is 1.86.